The average Bonchev–Trinajstić information content (AvgIpc) is 2.80. The summed E-state index contributed by atoms with van der Waals surface area (Å²) in [5, 5.41) is 2.70. The zero-order valence-corrected chi connectivity index (χ0v) is 11.3. The van der Waals surface area contributed by atoms with Gasteiger partial charge in [-0.2, -0.15) is 0 Å². The highest BCUT2D eigenvalue weighted by Crippen LogP contribution is 2.26. The third-order valence-electron chi connectivity index (χ3n) is 3.08. The van der Waals surface area contributed by atoms with E-state index in [-0.39, 0.29) is 24.3 Å². The fourth-order valence-corrected chi connectivity index (χ4v) is 2.15. The number of hydrogen-bond acceptors (Lipinski definition) is 3. The molecule has 1 fully saturated rings. The molecule has 20 heavy (non-hydrogen) atoms. The van der Waals surface area contributed by atoms with Gasteiger partial charge in [0.25, 0.3) is 0 Å². The Morgan fingerprint density at radius 3 is 3.05 bits per heavy atom. The molecule has 1 aliphatic heterocycles. The molecular weight excluding hydrogens is 256 g/mol. The number of hydrogen-bond donors (Lipinski definition) is 1. The van der Waals surface area contributed by atoms with Crippen LogP contribution in [0, 0.1) is 18.3 Å². The molecule has 1 saturated heterocycles. The first-order valence-electron chi connectivity index (χ1n) is 6.29. The molecule has 0 spiro atoms. The second kappa shape index (κ2) is 6.22. The Kier molecular flexibility index (Phi) is 4.38. The van der Waals surface area contributed by atoms with Gasteiger partial charge in [-0.3, -0.25) is 9.59 Å². The summed E-state index contributed by atoms with van der Waals surface area (Å²) in [6.07, 6.45) is 5.74. The van der Waals surface area contributed by atoms with E-state index in [1.54, 1.807) is 23.1 Å². The molecule has 104 valence electrons. The minimum atomic E-state index is -0.237. The lowest BCUT2D eigenvalue weighted by atomic mass is 10.1. The van der Waals surface area contributed by atoms with E-state index in [9.17, 15) is 9.59 Å². The number of ether oxygens (including phenoxy) is 1. The first-order chi connectivity index (χ1) is 9.63. The average molecular weight is 272 g/mol. The highest BCUT2D eigenvalue weighted by molar-refractivity contribution is 5.97. The molecule has 0 aliphatic carbocycles. The summed E-state index contributed by atoms with van der Waals surface area (Å²) in [7, 11) is 1.46. The predicted molar refractivity (Wildman–Crippen MR) is 76.2 cm³/mol. The van der Waals surface area contributed by atoms with E-state index in [1.165, 1.54) is 7.11 Å². The monoisotopic (exact) mass is 272 g/mol. The van der Waals surface area contributed by atoms with Gasteiger partial charge in [-0.15, -0.1) is 12.3 Å². The van der Waals surface area contributed by atoms with E-state index in [4.69, 9.17) is 11.2 Å². The molecule has 1 aromatic carbocycles. The second-order valence-corrected chi connectivity index (χ2v) is 4.60. The number of rotatable bonds is 4. The maximum atomic E-state index is 11.9. The summed E-state index contributed by atoms with van der Waals surface area (Å²) in [5.41, 5.74) is 1.37. The van der Waals surface area contributed by atoms with Crippen LogP contribution in [0.5, 0.6) is 0 Å². The van der Waals surface area contributed by atoms with Gasteiger partial charge in [0.2, 0.25) is 11.8 Å². The summed E-state index contributed by atoms with van der Waals surface area (Å²) < 4.78 is 4.75. The Hall–Kier alpha value is -2.32. The maximum absolute atomic E-state index is 11.9. The molecule has 0 aromatic heterocycles. The van der Waals surface area contributed by atoms with Gasteiger partial charge in [0.15, 0.2) is 0 Å². The van der Waals surface area contributed by atoms with E-state index >= 15 is 0 Å². The second-order valence-electron chi connectivity index (χ2n) is 4.60. The minimum Gasteiger partial charge on any atom is -0.375 e. The standard InChI is InChI=1S/C15H16N2O3/c1-3-11-7-15(19)17(9-11)13-6-4-5-12(8-13)16-14(18)10-20-2/h1,4-6,8,11H,7,9-10H2,2H3,(H,16,18). The van der Waals surface area contributed by atoms with Gasteiger partial charge in [-0.25, -0.2) is 0 Å². The van der Waals surface area contributed by atoms with Crippen LogP contribution in [0.15, 0.2) is 24.3 Å². The lowest BCUT2D eigenvalue weighted by Gasteiger charge is -2.17. The number of amides is 2. The van der Waals surface area contributed by atoms with Crippen LogP contribution in [-0.2, 0) is 14.3 Å². The fraction of sp³-hybridized carbons (Fsp3) is 0.333. The predicted octanol–water partition coefficient (Wildman–Crippen LogP) is 1.26. The van der Waals surface area contributed by atoms with Gasteiger partial charge in [-0.05, 0) is 18.2 Å². The lowest BCUT2D eigenvalue weighted by Crippen LogP contribution is -2.24. The largest absolute Gasteiger partial charge is 0.375 e. The van der Waals surface area contributed by atoms with E-state index in [1.807, 2.05) is 6.07 Å². The van der Waals surface area contributed by atoms with Crippen molar-refractivity contribution in [2.45, 2.75) is 6.42 Å². The summed E-state index contributed by atoms with van der Waals surface area (Å²) in [4.78, 5) is 25.0. The molecule has 1 N–H and O–H groups in total. The van der Waals surface area contributed by atoms with Gasteiger partial charge in [0.1, 0.15) is 6.61 Å². The van der Waals surface area contributed by atoms with Crippen molar-refractivity contribution < 1.29 is 14.3 Å². The molecule has 1 heterocycles. The zero-order chi connectivity index (χ0) is 14.5. The number of methoxy groups -OCH3 is 1. The van der Waals surface area contributed by atoms with Crippen LogP contribution in [0.1, 0.15) is 6.42 Å². The highest BCUT2D eigenvalue weighted by Gasteiger charge is 2.29. The van der Waals surface area contributed by atoms with E-state index in [2.05, 4.69) is 11.2 Å². The molecule has 0 radical (unpaired) electrons. The number of carbonyl (C=O) groups is 2. The zero-order valence-electron chi connectivity index (χ0n) is 11.3. The Labute approximate surface area is 117 Å². The Balaban J connectivity index is 2.12. The van der Waals surface area contributed by atoms with Crippen LogP contribution in [0.3, 0.4) is 0 Å². The summed E-state index contributed by atoms with van der Waals surface area (Å²) in [6, 6.07) is 7.12. The molecule has 2 amide bonds. The van der Waals surface area contributed by atoms with Crippen molar-refractivity contribution in [3.05, 3.63) is 24.3 Å². The van der Waals surface area contributed by atoms with Crippen LogP contribution in [-0.4, -0.2) is 32.1 Å². The minimum absolute atomic E-state index is 0.00770. The quantitative estimate of drug-likeness (QED) is 0.839. The summed E-state index contributed by atoms with van der Waals surface area (Å²) in [5.74, 6) is 2.33. The molecule has 5 heteroatoms. The van der Waals surface area contributed by atoms with Gasteiger partial charge in [0.05, 0.1) is 0 Å². The van der Waals surface area contributed by atoms with Crippen LogP contribution in [0.25, 0.3) is 0 Å². The van der Waals surface area contributed by atoms with Crippen molar-refractivity contribution in [2.75, 3.05) is 30.5 Å². The molecule has 1 aromatic rings. The molecule has 2 rings (SSSR count). The van der Waals surface area contributed by atoms with E-state index < -0.39 is 0 Å². The molecule has 1 atom stereocenters. The summed E-state index contributed by atoms with van der Waals surface area (Å²) in [6.45, 7) is 0.511. The molecule has 0 saturated carbocycles. The smallest absolute Gasteiger partial charge is 0.250 e. The number of carbonyl (C=O) groups excluding carboxylic acids is 2. The fourth-order valence-electron chi connectivity index (χ4n) is 2.15. The first kappa shape index (κ1) is 14.1. The highest BCUT2D eigenvalue weighted by atomic mass is 16.5. The molecule has 1 unspecified atom stereocenters. The van der Waals surface area contributed by atoms with Crippen LogP contribution >= 0.6 is 0 Å². The molecular formula is C15H16N2O3. The van der Waals surface area contributed by atoms with Crippen molar-refractivity contribution in [1.82, 2.24) is 0 Å². The van der Waals surface area contributed by atoms with Gasteiger partial charge in [-0.1, -0.05) is 6.07 Å². The molecule has 5 nitrogen and oxygen atoms in total. The van der Waals surface area contributed by atoms with Crippen LogP contribution in [0.4, 0.5) is 11.4 Å². The first-order valence-corrected chi connectivity index (χ1v) is 6.29. The van der Waals surface area contributed by atoms with Crippen molar-refractivity contribution in [3.63, 3.8) is 0 Å². The number of terminal acetylenes is 1. The van der Waals surface area contributed by atoms with Crippen molar-refractivity contribution >= 4 is 23.2 Å². The SMILES string of the molecule is C#CC1CC(=O)N(c2cccc(NC(=O)COC)c2)C1. The maximum Gasteiger partial charge on any atom is 0.250 e. The third-order valence-corrected chi connectivity index (χ3v) is 3.08. The third kappa shape index (κ3) is 3.16. The molecule has 0 bridgehead atoms. The number of anilines is 2. The number of nitrogens with zero attached hydrogens (tertiary/aromatic N) is 1. The van der Waals surface area contributed by atoms with Crippen molar-refractivity contribution in [3.8, 4) is 12.3 Å². The van der Waals surface area contributed by atoms with Crippen molar-refractivity contribution in [2.24, 2.45) is 5.92 Å². The van der Waals surface area contributed by atoms with Gasteiger partial charge < -0.3 is 15.0 Å². The Morgan fingerprint density at radius 2 is 2.40 bits per heavy atom. The van der Waals surface area contributed by atoms with Gasteiger partial charge >= 0.3 is 0 Å². The Bertz CT molecular complexity index is 562. The Morgan fingerprint density at radius 1 is 1.60 bits per heavy atom. The molecule has 1 aliphatic rings. The normalized spacial score (nSPS) is 17.9. The van der Waals surface area contributed by atoms with Crippen LogP contribution in [0.2, 0.25) is 0 Å². The number of nitrogens with one attached hydrogen (secondary N) is 1. The van der Waals surface area contributed by atoms with Crippen LogP contribution < -0.4 is 10.2 Å². The summed E-state index contributed by atoms with van der Waals surface area (Å²) >= 11 is 0. The van der Waals surface area contributed by atoms with Gasteiger partial charge in [0, 0.05) is 37.4 Å². The number of benzene rings is 1. The van der Waals surface area contributed by atoms with Crippen molar-refractivity contribution in [1.29, 1.82) is 0 Å². The van der Waals surface area contributed by atoms with E-state index in [0.29, 0.717) is 18.7 Å². The van der Waals surface area contributed by atoms with E-state index in [0.717, 1.165) is 5.69 Å². The lowest BCUT2D eigenvalue weighted by molar-refractivity contribution is -0.119. The topological polar surface area (TPSA) is 58.6 Å².